The first-order chi connectivity index (χ1) is 10.1. The zero-order valence-corrected chi connectivity index (χ0v) is 12.0. The smallest absolute Gasteiger partial charge is 0.306 e. The Morgan fingerprint density at radius 1 is 1.29 bits per heavy atom. The van der Waals surface area contributed by atoms with Crippen molar-refractivity contribution < 1.29 is 19.4 Å². The predicted molar refractivity (Wildman–Crippen MR) is 76.2 cm³/mol. The number of aliphatic carboxylic acids is 1. The normalized spacial score (nSPS) is 25.6. The molecule has 2 saturated carbocycles. The van der Waals surface area contributed by atoms with Crippen LogP contribution in [0.25, 0.3) is 0 Å². The molecule has 1 amide bonds. The molecule has 3 rings (SSSR count). The molecule has 112 valence electrons. The summed E-state index contributed by atoms with van der Waals surface area (Å²) in [5, 5.41) is 11.9. The average Bonchev–Trinajstić information content (AvgIpc) is 3.23. The van der Waals surface area contributed by atoms with Crippen molar-refractivity contribution in [2.45, 2.75) is 37.1 Å². The lowest BCUT2D eigenvalue weighted by Crippen LogP contribution is -2.49. The van der Waals surface area contributed by atoms with Crippen molar-refractivity contribution in [1.82, 2.24) is 5.32 Å². The number of carbonyl (C=O) groups excluding carboxylic acids is 1. The highest BCUT2D eigenvalue weighted by molar-refractivity contribution is 5.92. The second-order valence-corrected chi connectivity index (χ2v) is 5.96. The highest BCUT2D eigenvalue weighted by atomic mass is 16.5. The Morgan fingerprint density at radius 2 is 1.95 bits per heavy atom. The molecule has 0 unspecified atom stereocenters. The molecule has 0 saturated heterocycles. The molecule has 2 aliphatic carbocycles. The molecule has 5 heteroatoms. The van der Waals surface area contributed by atoms with E-state index in [4.69, 9.17) is 9.84 Å². The first-order valence-electron chi connectivity index (χ1n) is 7.24. The largest absolute Gasteiger partial charge is 0.496 e. The number of hydrogen-bond acceptors (Lipinski definition) is 3. The molecule has 21 heavy (non-hydrogen) atoms. The molecular weight excluding hydrogens is 270 g/mol. The summed E-state index contributed by atoms with van der Waals surface area (Å²) in [6.45, 7) is 0. The number of ether oxygens (including phenoxy) is 1. The van der Waals surface area contributed by atoms with Gasteiger partial charge in [0.05, 0.1) is 18.4 Å². The number of carboxylic acids is 1. The highest BCUT2D eigenvalue weighted by Gasteiger charge is 2.53. The Hall–Kier alpha value is -2.04. The van der Waals surface area contributed by atoms with E-state index in [9.17, 15) is 9.59 Å². The SMILES string of the molecule is COc1ccccc1C1(C(=O)NC2CC(C(=O)O)C2)CC1. The van der Waals surface area contributed by atoms with E-state index < -0.39 is 11.4 Å². The molecule has 0 aliphatic heterocycles. The molecule has 2 aliphatic rings. The van der Waals surface area contributed by atoms with Crippen LogP contribution in [0.3, 0.4) is 0 Å². The van der Waals surface area contributed by atoms with Gasteiger partial charge in [-0.2, -0.15) is 0 Å². The Bertz CT molecular complexity index is 573. The van der Waals surface area contributed by atoms with E-state index >= 15 is 0 Å². The van der Waals surface area contributed by atoms with Gasteiger partial charge in [0.1, 0.15) is 5.75 Å². The van der Waals surface area contributed by atoms with Crippen molar-refractivity contribution in [3.8, 4) is 5.75 Å². The summed E-state index contributed by atoms with van der Waals surface area (Å²) in [4.78, 5) is 23.4. The van der Waals surface area contributed by atoms with E-state index in [2.05, 4.69) is 5.32 Å². The van der Waals surface area contributed by atoms with Crippen LogP contribution in [0.1, 0.15) is 31.2 Å². The third kappa shape index (κ3) is 2.37. The van der Waals surface area contributed by atoms with Crippen LogP contribution in [0.2, 0.25) is 0 Å². The minimum absolute atomic E-state index is 0.000777. The van der Waals surface area contributed by atoms with Crippen LogP contribution in [-0.4, -0.2) is 30.1 Å². The lowest BCUT2D eigenvalue weighted by Gasteiger charge is -2.34. The number of nitrogens with one attached hydrogen (secondary N) is 1. The van der Waals surface area contributed by atoms with Crippen LogP contribution in [0.15, 0.2) is 24.3 Å². The number of rotatable bonds is 5. The van der Waals surface area contributed by atoms with Crippen molar-refractivity contribution in [3.63, 3.8) is 0 Å². The fourth-order valence-electron chi connectivity index (χ4n) is 3.04. The van der Waals surface area contributed by atoms with Crippen LogP contribution >= 0.6 is 0 Å². The molecule has 2 N–H and O–H groups in total. The quantitative estimate of drug-likeness (QED) is 0.865. The van der Waals surface area contributed by atoms with E-state index in [-0.39, 0.29) is 17.9 Å². The number of methoxy groups -OCH3 is 1. The minimum Gasteiger partial charge on any atom is -0.496 e. The standard InChI is InChI=1S/C16H19NO4/c1-21-13-5-3-2-4-12(13)16(6-7-16)15(20)17-11-8-10(9-11)14(18)19/h2-5,10-11H,6-9H2,1H3,(H,17,20)(H,18,19). The third-order valence-electron chi connectivity index (χ3n) is 4.63. The van der Waals surface area contributed by atoms with Gasteiger partial charge in [0.25, 0.3) is 0 Å². The zero-order chi connectivity index (χ0) is 15.0. The molecule has 0 atom stereocenters. The first kappa shape index (κ1) is 13.9. The van der Waals surface area contributed by atoms with E-state index in [1.165, 1.54) is 0 Å². The molecule has 0 bridgehead atoms. The summed E-state index contributed by atoms with van der Waals surface area (Å²) in [6.07, 6.45) is 2.69. The van der Waals surface area contributed by atoms with Crippen molar-refractivity contribution in [1.29, 1.82) is 0 Å². The van der Waals surface area contributed by atoms with Gasteiger partial charge in [0.2, 0.25) is 5.91 Å². The predicted octanol–water partition coefficient (Wildman–Crippen LogP) is 1.71. The Kier molecular flexibility index (Phi) is 3.35. The van der Waals surface area contributed by atoms with Crippen molar-refractivity contribution >= 4 is 11.9 Å². The molecule has 5 nitrogen and oxygen atoms in total. The van der Waals surface area contributed by atoms with Crippen LogP contribution in [0.4, 0.5) is 0 Å². The number of carboxylic acid groups (broad SMARTS) is 1. The summed E-state index contributed by atoms with van der Waals surface area (Å²) in [7, 11) is 1.61. The Labute approximate surface area is 123 Å². The van der Waals surface area contributed by atoms with Crippen molar-refractivity contribution in [2.24, 2.45) is 5.92 Å². The lowest BCUT2D eigenvalue weighted by molar-refractivity contribution is -0.146. The minimum atomic E-state index is -0.772. The topological polar surface area (TPSA) is 75.6 Å². The Balaban J connectivity index is 1.69. The van der Waals surface area contributed by atoms with E-state index in [0.29, 0.717) is 12.8 Å². The van der Waals surface area contributed by atoms with Gasteiger partial charge in [-0.05, 0) is 31.7 Å². The maximum Gasteiger partial charge on any atom is 0.306 e. The van der Waals surface area contributed by atoms with Crippen molar-refractivity contribution in [3.05, 3.63) is 29.8 Å². The zero-order valence-electron chi connectivity index (χ0n) is 12.0. The van der Waals surface area contributed by atoms with Crippen molar-refractivity contribution in [2.75, 3.05) is 7.11 Å². The van der Waals surface area contributed by atoms with Gasteiger partial charge >= 0.3 is 5.97 Å². The molecule has 1 aromatic rings. The Morgan fingerprint density at radius 3 is 2.52 bits per heavy atom. The average molecular weight is 289 g/mol. The fraction of sp³-hybridized carbons (Fsp3) is 0.500. The maximum atomic E-state index is 12.6. The highest BCUT2D eigenvalue weighted by Crippen LogP contribution is 2.51. The molecule has 0 spiro atoms. The van der Waals surface area contributed by atoms with Crippen LogP contribution in [0.5, 0.6) is 5.75 Å². The lowest BCUT2D eigenvalue weighted by atomic mass is 9.80. The van der Waals surface area contributed by atoms with Gasteiger partial charge in [-0.3, -0.25) is 9.59 Å². The van der Waals surface area contributed by atoms with Gasteiger partial charge in [0, 0.05) is 11.6 Å². The molecule has 2 fully saturated rings. The first-order valence-corrected chi connectivity index (χ1v) is 7.24. The summed E-state index contributed by atoms with van der Waals surface area (Å²) in [5.41, 5.74) is 0.445. The van der Waals surface area contributed by atoms with Gasteiger partial charge in [-0.15, -0.1) is 0 Å². The summed E-state index contributed by atoms with van der Waals surface area (Å²) in [5.74, 6) is -0.342. The molecule has 0 radical (unpaired) electrons. The number of hydrogen-bond donors (Lipinski definition) is 2. The number of carbonyl (C=O) groups is 2. The molecule has 0 heterocycles. The molecule has 0 aromatic heterocycles. The monoisotopic (exact) mass is 289 g/mol. The van der Waals surface area contributed by atoms with Gasteiger partial charge in [-0.1, -0.05) is 18.2 Å². The molecule has 1 aromatic carbocycles. The van der Waals surface area contributed by atoms with Crippen LogP contribution in [-0.2, 0) is 15.0 Å². The van der Waals surface area contributed by atoms with Crippen LogP contribution in [0, 0.1) is 5.92 Å². The van der Waals surface area contributed by atoms with E-state index in [1.54, 1.807) is 7.11 Å². The van der Waals surface area contributed by atoms with Gasteiger partial charge in [0.15, 0.2) is 0 Å². The number of amides is 1. The van der Waals surface area contributed by atoms with E-state index in [1.807, 2.05) is 24.3 Å². The van der Waals surface area contributed by atoms with Crippen LogP contribution < -0.4 is 10.1 Å². The number of benzene rings is 1. The van der Waals surface area contributed by atoms with E-state index in [0.717, 1.165) is 24.2 Å². The summed E-state index contributed by atoms with van der Waals surface area (Å²) >= 11 is 0. The fourth-order valence-corrected chi connectivity index (χ4v) is 3.04. The van der Waals surface area contributed by atoms with Gasteiger partial charge < -0.3 is 15.2 Å². The maximum absolute atomic E-state index is 12.6. The molecular formula is C16H19NO4. The number of para-hydroxylation sites is 1. The van der Waals surface area contributed by atoms with Gasteiger partial charge in [-0.25, -0.2) is 0 Å². The summed E-state index contributed by atoms with van der Waals surface area (Å²) < 4.78 is 5.36. The third-order valence-corrected chi connectivity index (χ3v) is 4.63. The summed E-state index contributed by atoms with van der Waals surface area (Å²) in [6, 6.07) is 7.60. The second-order valence-electron chi connectivity index (χ2n) is 5.96. The second kappa shape index (κ2) is 5.06.